The van der Waals surface area contributed by atoms with Gasteiger partial charge in [-0.3, -0.25) is 4.79 Å². The van der Waals surface area contributed by atoms with Gasteiger partial charge in [0, 0.05) is 18.5 Å². The van der Waals surface area contributed by atoms with Crippen molar-refractivity contribution in [3.63, 3.8) is 0 Å². The number of nitrogens with one attached hydrogen (secondary N) is 1. The summed E-state index contributed by atoms with van der Waals surface area (Å²) in [5.74, 6) is 0.837. The SMILES string of the molecule is CC(C)(C)CC1CCCN1C(=O)C1CC12CCNCC2. The van der Waals surface area contributed by atoms with Gasteiger partial charge in [0.2, 0.25) is 5.91 Å². The first-order valence-electron chi connectivity index (χ1n) is 8.43. The molecule has 2 heterocycles. The molecule has 0 aromatic heterocycles. The van der Waals surface area contributed by atoms with Crippen LogP contribution in [0, 0.1) is 16.7 Å². The summed E-state index contributed by atoms with van der Waals surface area (Å²) in [6, 6.07) is 0.502. The lowest BCUT2D eigenvalue weighted by Gasteiger charge is -2.32. The summed E-state index contributed by atoms with van der Waals surface area (Å²) in [7, 11) is 0. The van der Waals surface area contributed by atoms with Crippen molar-refractivity contribution in [2.45, 2.75) is 65.3 Å². The van der Waals surface area contributed by atoms with Crippen molar-refractivity contribution >= 4 is 5.91 Å². The quantitative estimate of drug-likeness (QED) is 0.842. The second-order valence-corrected chi connectivity index (χ2v) is 8.46. The zero-order chi connectivity index (χ0) is 14.4. The largest absolute Gasteiger partial charge is 0.339 e. The minimum Gasteiger partial charge on any atom is -0.339 e. The molecule has 1 spiro atoms. The maximum atomic E-state index is 12.9. The summed E-state index contributed by atoms with van der Waals surface area (Å²) in [6.07, 6.45) is 7.15. The second-order valence-electron chi connectivity index (χ2n) is 8.46. The molecular formula is C17H30N2O. The minimum atomic E-state index is 0.323. The van der Waals surface area contributed by atoms with E-state index in [4.69, 9.17) is 0 Å². The van der Waals surface area contributed by atoms with Gasteiger partial charge in [-0.1, -0.05) is 20.8 Å². The summed E-state index contributed by atoms with van der Waals surface area (Å²) < 4.78 is 0. The summed E-state index contributed by atoms with van der Waals surface area (Å²) in [5, 5.41) is 3.42. The van der Waals surface area contributed by atoms with Crippen LogP contribution in [0.2, 0.25) is 0 Å². The van der Waals surface area contributed by atoms with Crippen LogP contribution in [0.1, 0.15) is 59.3 Å². The molecule has 1 amide bonds. The molecule has 2 aliphatic heterocycles. The number of carbonyl (C=O) groups excluding carboxylic acids is 1. The lowest BCUT2D eigenvalue weighted by atomic mass is 9.87. The fourth-order valence-electron chi connectivity index (χ4n) is 4.42. The Kier molecular flexibility index (Phi) is 3.60. The standard InChI is InChI=1S/C17H30N2O/c1-16(2,3)11-13-5-4-10-19(13)15(20)14-12-17(14)6-8-18-9-7-17/h13-14,18H,4-12H2,1-3H3. The molecule has 1 aliphatic carbocycles. The Morgan fingerprint density at radius 3 is 2.65 bits per heavy atom. The first kappa shape index (κ1) is 14.4. The zero-order valence-electron chi connectivity index (χ0n) is 13.4. The molecule has 2 unspecified atom stereocenters. The van der Waals surface area contributed by atoms with Crippen LogP contribution >= 0.6 is 0 Å². The maximum Gasteiger partial charge on any atom is 0.226 e. The van der Waals surface area contributed by atoms with Crippen molar-refractivity contribution in [1.82, 2.24) is 10.2 Å². The van der Waals surface area contributed by atoms with Gasteiger partial charge < -0.3 is 10.2 Å². The molecule has 3 heteroatoms. The molecule has 3 aliphatic rings. The Morgan fingerprint density at radius 1 is 1.30 bits per heavy atom. The van der Waals surface area contributed by atoms with E-state index in [1.54, 1.807) is 0 Å². The predicted octanol–water partition coefficient (Wildman–Crippen LogP) is 2.80. The van der Waals surface area contributed by atoms with Gasteiger partial charge in [0.1, 0.15) is 0 Å². The zero-order valence-corrected chi connectivity index (χ0v) is 13.4. The maximum absolute atomic E-state index is 12.9. The smallest absolute Gasteiger partial charge is 0.226 e. The van der Waals surface area contributed by atoms with E-state index in [0.29, 0.717) is 28.7 Å². The number of hydrogen-bond acceptors (Lipinski definition) is 2. The van der Waals surface area contributed by atoms with Gasteiger partial charge in [0.25, 0.3) is 0 Å². The lowest BCUT2D eigenvalue weighted by molar-refractivity contribution is -0.134. The third kappa shape index (κ3) is 2.74. The van der Waals surface area contributed by atoms with Crippen LogP contribution < -0.4 is 5.32 Å². The number of hydrogen-bond donors (Lipinski definition) is 1. The Morgan fingerprint density at radius 2 is 2.00 bits per heavy atom. The monoisotopic (exact) mass is 278 g/mol. The summed E-state index contributed by atoms with van der Waals surface area (Å²) in [5.41, 5.74) is 0.709. The van der Waals surface area contributed by atoms with Crippen LogP contribution in [0.4, 0.5) is 0 Å². The fourth-order valence-corrected chi connectivity index (χ4v) is 4.42. The van der Waals surface area contributed by atoms with Gasteiger partial charge in [-0.25, -0.2) is 0 Å². The molecule has 114 valence electrons. The lowest BCUT2D eigenvalue weighted by Crippen LogP contribution is -2.40. The van der Waals surface area contributed by atoms with Gasteiger partial charge in [0.05, 0.1) is 0 Å². The minimum absolute atomic E-state index is 0.323. The third-order valence-electron chi connectivity index (χ3n) is 5.60. The van der Waals surface area contributed by atoms with Crippen LogP contribution in [0.3, 0.4) is 0 Å². The normalized spacial score (nSPS) is 32.6. The van der Waals surface area contributed by atoms with Crippen molar-refractivity contribution in [1.29, 1.82) is 0 Å². The number of amides is 1. The van der Waals surface area contributed by atoms with Crippen molar-refractivity contribution in [3.8, 4) is 0 Å². The highest BCUT2D eigenvalue weighted by Gasteiger charge is 2.59. The van der Waals surface area contributed by atoms with Crippen LogP contribution in [-0.2, 0) is 4.79 Å². The van der Waals surface area contributed by atoms with E-state index in [9.17, 15) is 4.79 Å². The first-order valence-corrected chi connectivity index (χ1v) is 8.43. The number of carbonyl (C=O) groups is 1. The van der Waals surface area contributed by atoms with Crippen LogP contribution in [0.5, 0.6) is 0 Å². The molecule has 2 atom stereocenters. The molecule has 20 heavy (non-hydrogen) atoms. The van der Waals surface area contributed by atoms with Crippen LogP contribution in [0.15, 0.2) is 0 Å². The molecule has 0 aromatic carbocycles. The van der Waals surface area contributed by atoms with Gasteiger partial charge in [-0.05, 0) is 62.4 Å². The summed E-state index contributed by atoms with van der Waals surface area (Å²) in [6.45, 7) is 10.1. The average Bonchev–Trinajstić information content (AvgIpc) is 2.86. The third-order valence-corrected chi connectivity index (χ3v) is 5.60. The van der Waals surface area contributed by atoms with Gasteiger partial charge >= 0.3 is 0 Å². The van der Waals surface area contributed by atoms with E-state index < -0.39 is 0 Å². The molecule has 0 aromatic rings. The van der Waals surface area contributed by atoms with Crippen molar-refractivity contribution in [3.05, 3.63) is 0 Å². The van der Waals surface area contributed by atoms with Gasteiger partial charge in [-0.2, -0.15) is 0 Å². The molecule has 3 nitrogen and oxygen atoms in total. The van der Waals surface area contributed by atoms with E-state index in [1.807, 2.05) is 0 Å². The Labute approximate surface area is 123 Å². The van der Waals surface area contributed by atoms with E-state index in [1.165, 1.54) is 25.7 Å². The Hall–Kier alpha value is -0.570. The highest BCUT2D eigenvalue weighted by atomic mass is 16.2. The molecule has 1 N–H and O–H groups in total. The van der Waals surface area contributed by atoms with Crippen molar-refractivity contribution < 1.29 is 4.79 Å². The van der Waals surface area contributed by atoms with Gasteiger partial charge in [-0.15, -0.1) is 0 Å². The number of likely N-dealkylation sites (tertiary alicyclic amines) is 1. The molecule has 3 rings (SSSR count). The number of nitrogens with zero attached hydrogens (tertiary/aromatic N) is 1. The summed E-state index contributed by atoms with van der Waals surface area (Å²) in [4.78, 5) is 15.1. The first-order chi connectivity index (χ1) is 9.41. The fraction of sp³-hybridized carbons (Fsp3) is 0.941. The van der Waals surface area contributed by atoms with Crippen molar-refractivity contribution in [2.75, 3.05) is 19.6 Å². The highest BCUT2D eigenvalue weighted by Crippen LogP contribution is 2.59. The van der Waals surface area contributed by atoms with E-state index in [0.717, 1.165) is 32.5 Å². The Bertz CT molecular complexity index is 379. The van der Waals surface area contributed by atoms with Crippen molar-refractivity contribution in [2.24, 2.45) is 16.7 Å². The van der Waals surface area contributed by atoms with Gasteiger partial charge in [0.15, 0.2) is 0 Å². The molecule has 2 saturated heterocycles. The predicted molar refractivity (Wildman–Crippen MR) is 81.5 cm³/mol. The molecular weight excluding hydrogens is 248 g/mol. The molecule has 0 radical (unpaired) electrons. The average molecular weight is 278 g/mol. The highest BCUT2D eigenvalue weighted by molar-refractivity contribution is 5.83. The van der Waals surface area contributed by atoms with E-state index >= 15 is 0 Å². The number of rotatable bonds is 2. The Balaban J connectivity index is 1.62. The summed E-state index contributed by atoms with van der Waals surface area (Å²) >= 11 is 0. The topological polar surface area (TPSA) is 32.3 Å². The van der Waals surface area contributed by atoms with Crippen LogP contribution in [0.25, 0.3) is 0 Å². The number of piperidine rings is 1. The van der Waals surface area contributed by atoms with E-state index in [2.05, 4.69) is 31.0 Å². The van der Waals surface area contributed by atoms with Crippen LogP contribution in [-0.4, -0.2) is 36.5 Å². The second kappa shape index (κ2) is 5.01. The molecule has 3 fully saturated rings. The molecule has 1 saturated carbocycles. The molecule has 0 bridgehead atoms. The van der Waals surface area contributed by atoms with E-state index in [-0.39, 0.29) is 0 Å².